The van der Waals surface area contributed by atoms with Crippen LogP contribution in [0.3, 0.4) is 0 Å². The number of para-hydroxylation sites is 1. The van der Waals surface area contributed by atoms with Crippen molar-refractivity contribution in [2.45, 2.75) is 63.0 Å². The third-order valence-electron chi connectivity index (χ3n) is 8.94. The van der Waals surface area contributed by atoms with E-state index in [-0.39, 0.29) is 17.9 Å². The Hall–Kier alpha value is -4.65. The van der Waals surface area contributed by atoms with Gasteiger partial charge in [-0.2, -0.15) is 0 Å². The van der Waals surface area contributed by atoms with E-state index in [0.717, 1.165) is 64.2 Å². The van der Waals surface area contributed by atoms with E-state index in [4.69, 9.17) is 4.74 Å². The lowest BCUT2D eigenvalue weighted by Crippen LogP contribution is -2.59. The molecule has 1 aliphatic rings. The fourth-order valence-electron chi connectivity index (χ4n) is 6.54. The van der Waals surface area contributed by atoms with Crippen molar-refractivity contribution in [2.24, 2.45) is 0 Å². The summed E-state index contributed by atoms with van der Waals surface area (Å²) in [6.45, 7) is 2.33. The molecule has 0 aliphatic heterocycles. The lowest BCUT2D eigenvalue weighted by Gasteiger charge is -2.38. The van der Waals surface area contributed by atoms with Gasteiger partial charge in [-0.05, 0) is 59.9 Å². The van der Waals surface area contributed by atoms with Crippen molar-refractivity contribution < 1.29 is 14.3 Å². The second kappa shape index (κ2) is 12.3. The van der Waals surface area contributed by atoms with Gasteiger partial charge in [-0.25, -0.2) is 4.79 Å². The number of fused-ring (bicyclic) bond motifs is 2. The van der Waals surface area contributed by atoms with E-state index in [2.05, 4.69) is 26.7 Å². The molecule has 7 nitrogen and oxygen atoms in total. The molecule has 1 aliphatic carbocycles. The summed E-state index contributed by atoms with van der Waals surface area (Å²) < 4.78 is 5.72. The minimum absolute atomic E-state index is 0.0980. The van der Waals surface area contributed by atoms with Crippen LogP contribution in [-0.2, 0) is 28.0 Å². The highest BCUT2D eigenvalue weighted by molar-refractivity contribution is 5.92. The Morgan fingerprint density at radius 2 is 1.63 bits per heavy atom. The summed E-state index contributed by atoms with van der Waals surface area (Å²) in [5, 5.41) is 9.32. The Balaban J connectivity index is 1.23. The smallest absolute Gasteiger partial charge is 0.408 e. The van der Waals surface area contributed by atoms with Crippen molar-refractivity contribution in [2.75, 3.05) is 6.54 Å². The molecule has 6 rings (SSSR count). The van der Waals surface area contributed by atoms with Crippen LogP contribution >= 0.6 is 0 Å². The highest BCUT2D eigenvalue weighted by atomic mass is 16.5. The zero-order chi connectivity index (χ0) is 29.7. The van der Waals surface area contributed by atoms with E-state index in [1.54, 1.807) is 6.92 Å². The molecule has 2 heterocycles. The maximum Gasteiger partial charge on any atom is 0.408 e. The number of hydrogen-bond acceptors (Lipinski definition) is 4. The van der Waals surface area contributed by atoms with Gasteiger partial charge < -0.3 is 20.4 Å². The first-order valence-electron chi connectivity index (χ1n) is 15.1. The Labute approximate surface area is 252 Å². The van der Waals surface area contributed by atoms with Gasteiger partial charge in [-0.15, -0.1) is 0 Å². The predicted molar refractivity (Wildman–Crippen MR) is 170 cm³/mol. The second-order valence-corrected chi connectivity index (χ2v) is 11.9. The van der Waals surface area contributed by atoms with Gasteiger partial charge in [0.05, 0.1) is 0 Å². The zero-order valence-electron chi connectivity index (χ0n) is 24.6. The van der Waals surface area contributed by atoms with Crippen LogP contribution in [-0.4, -0.2) is 34.1 Å². The van der Waals surface area contributed by atoms with Gasteiger partial charge in [-0.3, -0.25) is 9.78 Å². The standard InChI is InChI=1S/C36H38N4O3/c1-35(22-28-23-38-31-17-6-5-16-30(28)31,40-34(42)43-24-27-14-11-13-26-12-3-4-15-29(26)27)33(41)39-25-36(19-8-2-9-20-36)32-18-7-10-21-37-32/h3-7,10-18,21,23,38H,2,8-9,19-20,22,24-25H2,1H3,(H,39,41)(H,40,42)/t35-/m0/s1. The number of nitrogens with one attached hydrogen (secondary N) is 3. The monoisotopic (exact) mass is 574 g/mol. The summed E-state index contributed by atoms with van der Waals surface area (Å²) in [5.74, 6) is -0.249. The van der Waals surface area contributed by atoms with Gasteiger partial charge in [0.25, 0.3) is 0 Å². The summed E-state index contributed by atoms with van der Waals surface area (Å²) in [6.07, 6.45) is 8.69. The molecule has 0 saturated heterocycles. The number of nitrogens with zero attached hydrogens (tertiary/aromatic N) is 1. The van der Waals surface area contributed by atoms with Gasteiger partial charge >= 0.3 is 6.09 Å². The first-order valence-corrected chi connectivity index (χ1v) is 15.1. The number of carbonyl (C=O) groups is 2. The molecule has 0 radical (unpaired) electrons. The van der Waals surface area contributed by atoms with Gasteiger partial charge in [0.15, 0.2) is 0 Å². The minimum Gasteiger partial charge on any atom is -0.445 e. The predicted octanol–water partition coefficient (Wildman–Crippen LogP) is 6.96. The van der Waals surface area contributed by atoms with Crippen LogP contribution in [0.25, 0.3) is 21.7 Å². The molecule has 43 heavy (non-hydrogen) atoms. The summed E-state index contributed by atoms with van der Waals surface area (Å²) >= 11 is 0. The molecule has 2 aromatic heterocycles. The van der Waals surface area contributed by atoms with Crippen molar-refractivity contribution in [3.8, 4) is 0 Å². The minimum atomic E-state index is -1.26. The number of amides is 2. The number of pyridine rings is 1. The molecule has 3 N–H and O–H groups in total. The van der Waals surface area contributed by atoms with E-state index < -0.39 is 11.6 Å². The number of hydrogen-bond donors (Lipinski definition) is 3. The number of H-pyrrole nitrogens is 1. The van der Waals surface area contributed by atoms with E-state index in [9.17, 15) is 9.59 Å². The second-order valence-electron chi connectivity index (χ2n) is 11.9. The summed E-state index contributed by atoms with van der Waals surface area (Å²) in [6, 6.07) is 27.9. The number of aromatic nitrogens is 2. The van der Waals surface area contributed by atoms with Crippen LogP contribution in [0, 0.1) is 0 Å². The summed E-state index contributed by atoms with van der Waals surface area (Å²) in [5.41, 5.74) is 2.35. The van der Waals surface area contributed by atoms with Crippen LogP contribution < -0.4 is 10.6 Å². The fraction of sp³-hybridized carbons (Fsp3) is 0.306. The number of carbonyl (C=O) groups excluding carboxylic acids is 2. The number of aromatic amines is 1. The maximum absolute atomic E-state index is 14.1. The highest BCUT2D eigenvalue weighted by Gasteiger charge is 2.40. The van der Waals surface area contributed by atoms with Crippen LogP contribution in [0.4, 0.5) is 4.79 Å². The molecule has 0 unspecified atom stereocenters. The van der Waals surface area contributed by atoms with Gasteiger partial charge in [0.1, 0.15) is 12.1 Å². The first kappa shape index (κ1) is 28.5. The Bertz CT molecular complexity index is 1720. The number of rotatable bonds is 9. The summed E-state index contributed by atoms with van der Waals surface area (Å²) in [7, 11) is 0. The van der Waals surface area contributed by atoms with Crippen LogP contribution in [0.15, 0.2) is 97.3 Å². The Kier molecular flexibility index (Phi) is 8.14. The molecule has 5 aromatic rings. The normalized spacial score (nSPS) is 15.9. The lowest BCUT2D eigenvalue weighted by atomic mass is 9.71. The summed E-state index contributed by atoms with van der Waals surface area (Å²) in [4.78, 5) is 35.4. The zero-order valence-corrected chi connectivity index (χ0v) is 24.6. The van der Waals surface area contributed by atoms with E-state index >= 15 is 0 Å². The largest absolute Gasteiger partial charge is 0.445 e. The average molecular weight is 575 g/mol. The molecule has 1 saturated carbocycles. The van der Waals surface area contributed by atoms with Gasteiger partial charge in [0.2, 0.25) is 5.91 Å². The Morgan fingerprint density at radius 1 is 0.884 bits per heavy atom. The molecule has 0 spiro atoms. The molecule has 3 aromatic carbocycles. The van der Waals surface area contributed by atoms with Crippen LogP contribution in [0.1, 0.15) is 55.8 Å². The topological polar surface area (TPSA) is 96.1 Å². The van der Waals surface area contributed by atoms with Crippen molar-refractivity contribution in [3.63, 3.8) is 0 Å². The molecule has 7 heteroatoms. The van der Waals surface area contributed by atoms with E-state index in [0.29, 0.717) is 13.0 Å². The average Bonchev–Trinajstić information content (AvgIpc) is 3.45. The highest BCUT2D eigenvalue weighted by Crippen LogP contribution is 2.38. The molecular weight excluding hydrogens is 536 g/mol. The van der Waals surface area contributed by atoms with Gasteiger partial charge in [-0.1, -0.05) is 86.0 Å². The number of benzene rings is 3. The van der Waals surface area contributed by atoms with Crippen LogP contribution in [0.2, 0.25) is 0 Å². The van der Waals surface area contributed by atoms with Gasteiger partial charge in [0, 0.05) is 47.4 Å². The molecular formula is C36H38N4O3. The quantitative estimate of drug-likeness (QED) is 0.177. The maximum atomic E-state index is 14.1. The Morgan fingerprint density at radius 3 is 2.44 bits per heavy atom. The SMILES string of the molecule is C[C@@](Cc1c[nH]c2ccccc12)(NC(=O)OCc1cccc2ccccc12)C(=O)NCC1(c2ccccn2)CCCCC1. The number of ether oxygens (including phenoxy) is 1. The van der Waals surface area contributed by atoms with E-state index in [1.165, 1.54) is 6.42 Å². The van der Waals surface area contributed by atoms with Crippen molar-refractivity contribution in [1.29, 1.82) is 0 Å². The van der Waals surface area contributed by atoms with Crippen molar-refractivity contribution in [3.05, 3.63) is 114 Å². The first-order chi connectivity index (χ1) is 21.0. The molecule has 1 fully saturated rings. The van der Waals surface area contributed by atoms with Crippen molar-refractivity contribution >= 4 is 33.7 Å². The molecule has 1 atom stereocenters. The van der Waals surface area contributed by atoms with Crippen molar-refractivity contribution in [1.82, 2.24) is 20.6 Å². The third kappa shape index (κ3) is 6.12. The third-order valence-corrected chi connectivity index (χ3v) is 8.94. The lowest BCUT2D eigenvalue weighted by molar-refractivity contribution is -0.127. The number of alkyl carbamates (subject to hydrolysis) is 1. The fourth-order valence-corrected chi connectivity index (χ4v) is 6.54. The van der Waals surface area contributed by atoms with Crippen LogP contribution in [0.5, 0.6) is 0 Å². The molecule has 2 amide bonds. The van der Waals surface area contributed by atoms with E-state index in [1.807, 2.05) is 91.3 Å². The molecule has 220 valence electrons. The molecule has 0 bridgehead atoms.